The fourth-order valence-electron chi connectivity index (χ4n) is 6.22. The van der Waals surface area contributed by atoms with Crippen LogP contribution in [-0.2, 0) is 29.1 Å². The monoisotopic (exact) mass is 713 g/mol. The molecule has 2 aromatic rings. The van der Waals surface area contributed by atoms with E-state index in [1.54, 1.807) is 67.0 Å². The van der Waals surface area contributed by atoms with Gasteiger partial charge >= 0.3 is 6.09 Å². The zero-order chi connectivity index (χ0) is 36.8. The number of sulfonamides is 1. The number of carbonyl (C=O) groups excluding carboxylic acids is 4. The van der Waals surface area contributed by atoms with E-state index in [0.717, 1.165) is 5.39 Å². The van der Waals surface area contributed by atoms with Gasteiger partial charge < -0.3 is 29.7 Å². The van der Waals surface area contributed by atoms with Crippen molar-refractivity contribution in [3.63, 3.8) is 0 Å². The summed E-state index contributed by atoms with van der Waals surface area (Å²) in [6, 6.07) is 4.95. The van der Waals surface area contributed by atoms with Crippen molar-refractivity contribution in [1.29, 1.82) is 0 Å². The lowest BCUT2D eigenvalue weighted by atomic mass is 9.85. The predicted molar refractivity (Wildman–Crippen MR) is 185 cm³/mol. The Balaban J connectivity index is 1.45. The molecule has 272 valence electrons. The number of nitrogens with one attached hydrogen (secondary N) is 3. The van der Waals surface area contributed by atoms with Crippen LogP contribution in [0.5, 0.6) is 11.6 Å². The van der Waals surface area contributed by atoms with Gasteiger partial charge in [-0.25, -0.2) is 18.2 Å². The number of aromatic nitrogens is 1. The van der Waals surface area contributed by atoms with Crippen LogP contribution in [0.15, 0.2) is 43.1 Å². The molecule has 0 spiro atoms. The van der Waals surface area contributed by atoms with Gasteiger partial charge in [0.15, 0.2) is 0 Å². The molecule has 50 heavy (non-hydrogen) atoms. The van der Waals surface area contributed by atoms with Gasteiger partial charge in [0.05, 0.1) is 18.9 Å². The largest absolute Gasteiger partial charge is 0.496 e. The van der Waals surface area contributed by atoms with Gasteiger partial charge in [-0.05, 0) is 63.6 Å². The standard InChI is InChI=1S/C35H47N5O9S/c1-9-20-18-35(20,31(43)39-50(45,46)22-13-14-22)38-28(41)25-17-21(48-29-24-11-10-12-26(47-8)23(24)15-16-36-29)19-40(25)30(42)27(33(2,3)4)37-32(44)49-34(5,6)7/h9-12,15-16,20-22,25,27H,1,13-14,17-19H2,2-8H3,(H,37,44)(H,38,41)(H,39,43)/t20-,21-,25+,27-,35-/m1/s1. The minimum atomic E-state index is -3.90. The lowest BCUT2D eigenvalue weighted by Gasteiger charge is -2.36. The van der Waals surface area contributed by atoms with E-state index in [9.17, 15) is 27.6 Å². The van der Waals surface area contributed by atoms with Crippen molar-refractivity contribution in [2.45, 2.75) is 102 Å². The molecule has 3 N–H and O–H groups in total. The van der Waals surface area contributed by atoms with Crippen LogP contribution in [0.25, 0.3) is 10.8 Å². The molecule has 0 unspecified atom stereocenters. The molecule has 2 aliphatic carbocycles. The molecule has 3 fully saturated rings. The maximum atomic E-state index is 14.4. The molecular weight excluding hydrogens is 666 g/mol. The zero-order valence-corrected chi connectivity index (χ0v) is 30.4. The van der Waals surface area contributed by atoms with Gasteiger partial charge in [0.2, 0.25) is 27.7 Å². The van der Waals surface area contributed by atoms with E-state index >= 15 is 0 Å². The van der Waals surface area contributed by atoms with Gasteiger partial charge in [0.1, 0.15) is 35.1 Å². The third-order valence-corrected chi connectivity index (χ3v) is 10.9. The Hall–Kier alpha value is -4.40. The second kappa shape index (κ2) is 13.4. The number of carbonyl (C=O) groups is 4. The lowest BCUT2D eigenvalue weighted by Crippen LogP contribution is -2.60. The minimum Gasteiger partial charge on any atom is -0.496 e. The van der Waals surface area contributed by atoms with E-state index in [0.29, 0.717) is 24.0 Å². The number of likely N-dealkylation sites (tertiary alicyclic amines) is 1. The first-order valence-corrected chi connectivity index (χ1v) is 18.2. The molecule has 5 rings (SSSR count). The van der Waals surface area contributed by atoms with Crippen molar-refractivity contribution in [1.82, 2.24) is 25.2 Å². The van der Waals surface area contributed by atoms with Crippen LogP contribution < -0.4 is 24.8 Å². The third-order valence-electron chi connectivity index (χ3n) is 9.10. The highest BCUT2D eigenvalue weighted by Gasteiger charge is 2.62. The molecule has 1 aromatic carbocycles. The number of rotatable bonds is 11. The molecule has 15 heteroatoms. The summed E-state index contributed by atoms with van der Waals surface area (Å²) in [6.07, 6.45) is 2.61. The Labute approximate surface area is 292 Å². The van der Waals surface area contributed by atoms with Crippen LogP contribution in [0.2, 0.25) is 0 Å². The topological polar surface area (TPSA) is 182 Å². The Morgan fingerprint density at radius 2 is 1.78 bits per heavy atom. The van der Waals surface area contributed by atoms with E-state index in [1.165, 1.54) is 11.0 Å². The number of ether oxygens (including phenoxy) is 3. The molecule has 1 aliphatic heterocycles. The normalized spacial score (nSPS) is 24.1. The van der Waals surface area contributed by atoms with E-state index in [-0.39, 0.29) is 25.3 Å². The third kappa shape index (κ3) is 7.82. The lowest BCUT2D eigenvalue weighted by molar-refractivity contribution is -0.143. The number of amides is 4. The summed E-state index contributed by atoms with van der Waals surface area (Å²) < 4.78 is 44.8. The van der Waals surface area contributed by atoms with Crippen LogP contribution in [0.4, 0.5) is 4.79 Å². The van der Waals surface area contributed by atoms with Gasteiger partial charge in [-0.15, -0.1) is 6.58 Å². The molecule has 1 saturated heterocycles. The maximum absolute atomic E-state index is 14.4. The number of methoxy groups -OCH3 is 1. The fourth-order valence-corrected chi connectivity index (χ4v) is 7.58. The molecule has 2 saturated carbocycles. The molecule has 0 radical (unpaired) electrons. The molecule has 3 aliphatic rings. The summed E-state index contributed by atoms with van der Waals surface area (Å²) >= 11 is 0. The van der Waals surface area contributed by atoms with E-state index in [1.807, 2.05) is 12.1 Å². The summed E-state index contributed by atoms with van der Waals surface area (Å²) in [4.78, 5) is 60.7. The summed E-state index contributed by atoms with van der Waals surface area (Å²) in [5.74, 6) is -1.72. The number of hydrogen-bond acceptors (Lipinski definition) is 10. The van der Waals surface area contributed by atoms with Crippen molar-refractivity contribution in [2.24, 2.45) is 11.3 Å². The molecule has 4 amide bonds. The average molecular weight is 714 g/mol. The molecule has 2 heterocycles. The summed E-state index contributed by atoms with van der Waals surface area (Å²) in [7, 11) is -2.34. The quantitative estimate of drug-likeness (QED) is 0.293. The molecular formula is C35H47N5O9S. The van der Waals surface area contributed by atoms with Crippen molar-refractivity contribution < 1.29 is 41.8 Å². The van der Waals surface area contributed by atoms with Gasteiger partial charge in [-0.3, -0.25) is 19.1 Å². The number of nitrogens with zero attached hydrogens (tertiary/aromatic N) is 2. The Bertz CT molecular complexity index is 1800. The van der Waals surface area contributed by atoms with Gasteiger partial charge in [0.25, 0.3) is 5.91 Å². The second-order valence-electron chi connectivity index (χ2n) is 15.3. The number of pyridine rings is 1. The van der Waals surface area contributed by atoms with Crippen LogP contribution in [0, 0.1) is 11.3 Å². The molecule has 1 aromatic heterocycles. The number of benzene rings is 1. The summed E-state index contributed by atoms with van der Waals surface area (Å²) in [6.45, 7) is 14.1. The van der Waals surface area contributed by atoms with Gasteiger partial charge in [-0.1, -0.05) is 32.9 Å². The van der Waals surface area contributed by atoms with E-state index < -0.39 is 79.7 Å². The first kappa shape index (κ1) is 36.9. The van der Waals surface area contributed by atoms with Crippen LogP contribution in [0.1, 0.15) is 67.2 Å². The molecule has 14 nitrogen and oxygen atoms in total. The highest BCUT2D eigenvalue weighted by atomic mass is 32.2. The van der Waals surface area contributed by atoms with Gasteiger partial charge in [0, 0.05) is 29.3 Å². The maximum Gasteiger partial charge on any atom is 0.408 e. The SMILES string of the molecule is C=C[C@@H]1C[C@]1(NC(=O)[C@@H]1C[C@@H](Oc2nccc3c(OC)cccc23)CN1C(=O)[C@@H](NC(=O)OC(C)(C)C)C(C)(C)C)C(=O)NS(=O)(=O)C1CC1. The first-order valence-electron chi connectivity index (χ1n) is 16.7. The van der Waals surface area contributed by atoms with Crippen molar-refractivity contribution in [2.75, 3.05) is 13.7 Å². The van der Waals surface area contributed by atoms with Crippen LogP contribution in [0.3, 0.4) is 0 Å². The summed E-state index contributed by atoms with van der Waals surface area (Å²) in [5.41, 5.74) is -3.20. The van der Waals surface area contributed by atoms with E-state index in [4.69, 9.17) is 14.2 Å². The highest BCUT2D eigenvalue weighted by Crippen LogP contribution is 2.45. The summed E-state index contributed by atoms with van der Waals surface area (Å²) in [5, 5.41) is 6.25. The zero-order valence-electron chi connectivity index (χ0n) is 29.6. The van der Waals surface area contributed by atoms with Crippen molar-refractivity contribution in [3.05, 3.63) is 43.1 Å². The number of hydrogen-bond donors (Lipinski definition) is 3. The second-order valence-corrected chi connectivity index (χ2v) is 17.2. The molecule has 5 atom stereocenters. The minimum absolute atomic E-state index is 0.0136. The average Bonchev–Trinajstić information content (AvgIpc) is 3.95. The van der Waals surface area contributed by atoms with Crippen molar-refractivity contribution >= 4 is 44.6 Å². The first-order chi connectivity index (χ1) is 23.3. The van der Waals surface area contributed by atoms with E-state index in [2.05, 4.69) is 26.9 Å². The fraction of sp³-hybridized carbons (Fsp3) is 0.571. The van der Waals surface area contributed by atoms with Crippen molar-refractivity contribution in [3.8, 4) is 11.6 Å². The highest BCUT2D eigenvalue weighted by molar-refractivity contribution is 7.91. The Kier molecular flexibility index (Phi) is 9.87. The Morgan fingerprint density at radius 1 is 1.08 bits per heavy atom. The van der Waals surface area contributed by atoms with Crippen LogP contribution in [-0.4, -0.2) is 90.3 Å². The smallest absolute Gasteiger partial charge is 0.408 e. The Morgan fingerprint density at radius 3 is 2.36 bits per heavy atom. The molecule has 0 bridgehead atoms. The van der Waals surface area contributed by atoms with Gasteiger partial charge in [-0.2, -0.15) is 0 Å². The number of fused-ring (bicyclic) bond motifs is 1. The predicted octanol–water partition coefficient (Wildman–Crippen LogP) is 3.20. The van der Waals surface area contributed by atoms with Crippen LogP contribution >= 0.6 is 0 Å². The number of alkyl carbamates (subject to hydrolysis) is 1.